The number of amides is 3. The predicted molar refractivity (Wildman–Crippen MR) is 251 cm³/mol. The number of piperazine rings is 2. The fourth-order valence-corrected chi connectivity index (χ4v) is 9.14. The van der Waals surface area contributed by atoms with Gasteiger partial charge in [0.2, 0.25) is 0 Å². The number of halogens is 2. The molecule has 2 aliphatic carbocycles. The summed E-state index contributed by atoms with van der Waals surface area (Å²) in [5.74, 6) is -0.843. The summed E-state index contributed by atoms with van der Waals surface area (Å²) in [7, 11) is 0. The van der Waals surface area contributed by atoms with Crippen LogP contribution in [0.15, 0.2) is 73.1 Å². The number of aromatic nitrogens is 6. The van der Waals surface area contributed by atoms with E-state index in [-0.39, 0.29) is 45.9 Å². The molecule has 6 heterocycles. The van der Waals surface area contributed by atoms with E-state index >= 15 is 0 Å². The minimum Gasteiger partial charge on any atom is -0.444 e. The van der Waals surface area contributed by atoms with Crippen molar-refractivity contribution in [3.8, 4) is 22.5 Å². The van der Waals surface area contributed by atoms with Gasteiger partial charge in [-0.05, 0) is 146 Å². The summed E-state index contributed by atoms with van der Waals surface area (Å²) in [6.07, 6.45) is 7.26. The molecule has 4 aromatic heterocycles. The molecule has 2 aliphatic heterocycles. The average molecular weight is 915 g/mol. The first-order valence-electron chi connectivity index (χ1n) is 23.2. The Morgan fingerprint density at radius 3 is 1.49 bits per heavy atom. The first kappa shape index (κ1) is 45.8. The molecule has 1 N–H and O–H groups in total. The van der Waals surface area contributed by atoms with Crippen molar-refractivity contribution < 1.29 is 27.9 Å². The number of carbonyl (C=O) groups is 3. The van der Waals surface area contributed by atoms with Gasteiger partial charge in [-0.2, -0.15) is 10.2 Å². The third-order valence-electron chi connectivity index (χ3n) is 13.7. The van der Waals surface area contributed by atoms with Crippen molar-refractivity contribution in [2.75, 3.05) is 39.3 Å². The third kappa shape index (κ3) is 9.24. The number of imidazole rings is 2. The topological polar surface area (TPSA) is 143 Å². The van der Waals surface area contributed by atoms with Gasteiger partial charge < -0.3 is 24.8 Å². The molecule has 0 spiro atoms. The van der Waals surface area contributed by atoms with Gasteiger partial charge in [0.15, 0.2) is 11.3 Å². The van der Waals surface area contributed by atoms with Crippen LogP contribution in [-0.4, -0.2) is 118 Å². The molecule has 67 heavy (non-hydrogen) atoms. The molecule has 3 amide bonds. The molecule has 0 atom stereocenters. The highest BCUT2D eigenvalue weighted by Crippen LogP contribution is 2.50. The third-order valence-corrected chi connectivity index (χ3v) is 13.7. The van der Waals surface area contributed by atoms with Crippen LogP contribution in [0.1, 0.15) is 120 Å². The van der Waals surface area contributed by atoms with E-state index in [4.69, 9.17) is 24.9 Å². The second kappa shape index (κ2) is 16.5. The summed E-state index contributed by atoms with van der Waals surface area (Å²) in [6, 6.07) is 16.7. The minimum absolute atomic E-state index is 0.0248. The lowest BCUT2D eigenvalue weighted by Crippen LogP contribution is -2.62. The van der Waals surface area contributed by atoms with Crippen LogP contribution in [0.5, 0.6) is 0 Å². The Bertz CT molecular complexity index is 2890. The van der Waals surface area contributed by atoms with E-state index < -0.39 is 11.1 Å². The molecule has 10 rings (SSSR count). The molecule has 6 aromatic rings. The van der Waals surface area contributed by atoms with Crippen molar-refractivity contribution in [3.63, 3.8) is 0 Å². The largest absolute Gasteiger partial charge is 0.444 e. The Labute approximate surface area is 389 Å². The molecule has 0 unspecified atom stereocenters. The van der Waals surface area contributed by atoms with E-state index in [1.165, 1.54) is 24.3 Å². The van der Waals surface area contributed by atoms with E-state index in [9.17, 15) is 23.2 Å². The van der Waals surface area contributed by atoms with Gasteiger partial charge in [-0.1, -0.05) is 13.8 Å². The van der Waals surface area contributed by atoms with Crippen molar-refractivity contribution in [1.29, 1.82) is 0 Å². The number of fused-ring (bicyclic) bond motifs is 2. The van der Waals surface area contributed by atoms with Crippen molar-refractivity contribution in [2.24, 2.45) is 0 Å². The molecule has 2 aromatic carbocycles. The molecule has 4 fully saturated rings. The summed E-state index contributed by atoms with van der Waals surface area (Å²) in [5.41, 5.74) is 5.91. The van der Waals surface area contributed by atoms with Crippen LogP contribution < -0.4 is 5.32 Å². The number of carbonyl (C=O) groups excluding carboxylic acids is 3. The number of hydrogen-bond acceptors (Lipinski definition) is 9. The Kier molecular flexibility index (Phi) is 11.3. The van der Waals surface area contributed by atoms with Gasteiger partial charge in [0.1, 0.15) is 28.6 Å². The Morgan fingerprint density at radius 2 is 1.09 bits per heavy atom. The van der Waals surface area contributed by atoms with Crippen LogP contribution in [0.25, 0.3) is 33.8 Å². The second-order valence-corrected chi connectivity index (χ2v) is 21.4. The molecular weight excluding hydrogens is 855 g/mol. The van der Waals surface area contributed by atoms with Gasteiger partial charge in [0.05, 0.1) is 34.9 Å². The first-order chi connectivity index (χ1) is 31.5. The number of nitrogens with zero attached hydrogens (tertiary/aromatic N) is 9. The summed E-state index contributed by atoms with van der Waals surface area (Å²) in [6.45, 7) is 21.2. The van der Waals surface area contributed by atoms with Crippen molar-refractivity contribution in [3.05, 3.63) is 107 Å². The van der Waals surface area contributed by atoms with Gasteiger partial charge in [-0.25, -0.2) is 32.6 Å². The van der Waals surface area contributed by atoms with Crippen LogP contribution in [0.3, 0.4) is 0 Å². The van der Waals surface area contributed by atoms with E-state index in [1.807, 2.05) is 51.7 Å². The number of ether oxygens (including phenoxy) is 1. The summed E-state index contributed by atoms with van der Waals surface area (Å²) in [4.78, 5) is 54.5. The van der Waals surface area contributed by atoms with Gasteiger partial charge >= 0.3 is 6.09 Å². The maximum absolute atomic E-state index is 13.7. The van der Waals surface area contributed by atoms with Crippen molar-refractivity contribution in [1.82, 2.24) is 49.2 Å². The zero-order valence-corrected chi connectivity index (χ0v) is 39.9. The Balaban J connectivity index is 0.000000171. The number of rotatable bonds is 6. The van der Waals surface area contributed by atoms with E-state index in [2.05, 4.69) is 33.0 Å². The molecule has 2 saturated carbocycles. The maximum atomic E-state index is 13.7. The Hall–Kier alpha value is -6.29. The second-order valence-electron chi connectivity index (χ2n) is 21.4. The SMILES string of the molecule is CC(C)(C)OC(=O)N1CCN(C(=O)c2cn3nc(-c4ccc(F)cc4)cc(C4(C)CC4)c3n2)C(C)(C)C1.CC1(c2cc(-c3ccc(F)cc3)nn3cc(C(=O)N4CCNCC4(C)C)nc23)CC1. The molecular formula is C51H60F2N10O4. The average Bonchev–Trinajstić information content (AvgIpc) is 4.09. The zero-order valence-electron chi connectivity index (χ0n) is 39.9. The fraction of sp³-hybridized carbons (Fsp3) is 0.471. The highest BCUT2D eigenvalue weighted by atomic mass is 19.1. The molecule has 14 nitrogen and oxygen atoms in total. The highest BCUT2D eigenvalue weighted by molar-refractivity contribution is 5.94. The van der Waals surface area contributed by atoms with E-state index in [0.717, 1.165) is 72.4 Å². The normalized spacial score (nSPS) is 19.2. The van der Waals surface area contributed by atoms with Crippen molar-refractivity contribution >= 4 is 29.2 Å². The summed E-state index contributed by atoms with van der Waals surface area (Å²) >= 11 is 0. The quantitative estimate of drug-likeness (QED) is 0.174. The number of hydrogen-bond donors (Lipinski definition) is 1. The lowest BCUT2D eigenvalue weighted by atomic mass is 9.98. The van der Waals surface area contributed by atoms with Gasteiger partial charge in [0.25, 0.3) is 11.8 Å². The maximum Gasteiger partial charge on any atom is 0.410 e. The lowest BCUT2D eigenvalue weighted by molar-refractivity contribution is -0.0110. The van der Waals surface area contributed by atoms with E-state index in [1.54, 1.807) is 55.5 Å². The van der Waals surface area contributed by atoms with Crippen molar-refractivity contribution in [2.45, 2.75) is 116 Å². The van der Waals surface area contributed by atoms with Gasteiger partial charge in [-0.3, -0.25) is 9.59 Å². The predicted octanol–water partition coefficient (Wildman–Crippen LogP) is 8.47. The molecule has 2 saturated heterocycles. The van der Waals surface area contributed by atoms with Crippen LogP contribution in [0, 0.1) is 11.6 Å². The minimum atomic E-state index is -0.611. The fourth-order valence-electron chi connectivity index (χ4n) is 9.14. The van der Waals surface area contributed by atoms with Crippen LogP contribution in [0.4, 0.5) is 13.6 Å². The smallest absolute Gasteiger partial charge is 0.410 e. The van der Waals surface area contributed by atoms with Crippen LogP contribution in [-0.2, 0) is 15.6 Å². The monoisotopic (exact) mass is 914 g/mol. The first-order valence-corrected chi connectivity index (χ1v) is 23.2. The summed E-state index contributed by atoms with van der Waals surface area (Å²) < 4.78 is 35.8. The lowest BCUT2D eigenvalue weighted by Gasteiger charge is -2.46. The Morgan fingerprint density at radius 1 is 0.642 bits per heavy atom. The molecule has 4 aliphatic rings. The van der Waals surface area contributed by atoms with Crippen LogP contribution in [0.2, 0.25) is 0 Å². The molecule has 16 heteroatoms. The number of nitrogens with one attached hydrogen (secondary N) is 1. The molecule has 352 valence electrons. The molecule has 0 bridgehead atoms. The van der Waals surface area contributed by atoms with E-state index in [0.29, 0.717) is 48.9 Å². The zero-order chi connectivity index (χ0) is 47.8. The summed E-state index contributed by atoms with van der Waals surface area (Å²) in [5, 5.41) is 12.8. The number of benzene rings is 2. The van der Waals surface area contributed by atoms with Crippen LogP contribution >= 0.6 is 0 Å². The van der Waals surface area contributed by atoms with Gasteiger partial charge in [-0.15, -0.1) is 0 Å². The standard InChI is InChI=1S/C28H34FN5O3.C23H26FN5O/c1-26(2,3)37-25(36)32-13-14-33(27(4,5)17-32)24(35)22-16-34-23(30-22)20(28(6)11-12-28)15-21(31-34)18-7-9-19(29)10-8-18;1-22(2)14-25-10-11-28(22)21(30)19-13-29-20(26-19)17(23(3)8-9-23)12-18(27-29)15-4-6-16(24)7-5-15/h7-10,15-16H,11-14,17H2,1-6H3;4-7,12-13,25H,8-11,14H2,1-3H3. The van der Waals surface area contributed by atoms with Gasteiger partial charge in [0, 0.05) is 61.5 Å². The molecule has 0 radical (unpaired) electrons. The highest BCUT2D eigenvalue weighted by Gasteiger charge is 2.45.